The molecule has 6 heteroatoms. The molecule has 0 spiro atoms. The highest BCUT2D eigenvalue weighted by Gasteiger charge is 2.11. The molecule has 0 saturated carbocycles. The molecule has 0 saturated heterocycles. The van der Waals surface area contributed by atoms with E-state index < -0.39 is 10.0 Å². The Morgan fingerprint density at radius 2 is 2.08 bits per heavy atom. The minimum Gasteiger partial charge on any atom is -0.228 e. The molecule has 0 heterocycles. The van der Waals surface area contributed by atoms with Crippen LogP contribution in [-0.2, 0) is 15.8 Å². The van der Waals surface area contributed by atoms with E-state index in [2.05, 4.69) is 15.9 Å². The summed E-state index contributed by atoms with van der Waals surface area (Å²) in [4.78, 5) is 0. The highest BCUT2D eigenvalue weighted by atomic mass is 79.9. The zero-order valence-corrected chi connectivity index (χ0v) is 9.66. The predicted molar refractivity (Wildman–Crippen MR) is 56.0 cm³/mol. The van der Waals surface area contributed by atoms with Crippen LogP contribution in [0.2, 0.25) is 5.02 Å². The van der Waals surface area contributed by atoms with Crippen LogP contribution in [0, 0.1) is 0 Å². The van der Waals surface area contributed by atoms with Crippen molar-refractivity contribution in [3.63, 3.8) is 0 Å². The smallest absolute Gasteiger partial charge is 0.213 e. The molecule has 0 aliphatic rings. The van der Waals surface area contributed by atoms with Crippen molar-refractivity contribution in [2.45, 2.75) is 5.75 Å². The molecular formula is C7H7BrClNO2S. The van der Waals surface area contributed by atoms with Crippen LogP contribution in [-0.4, -0.2) is 8.42 Å². The first-order chi connectivity index (χ1) is 5.90. The summed E-state index contributed by atoms with van der Waals surface area (Å²) in [5.41, 5.74) is 0.492. The summed E-state index contributed by atoms with van der Waals surface area (Å²) < 4.78 is 22.3. The Bertz CT molecular complexity index is 398. The van der Waals surface area contributed by atoms with Gasteiger partial charge in [0.05, 0.1) is 5.75 Å². The van der Waals surface area contributed by atoms with Crippen LogP contribution in [0.5, 0.6) is 0 Å². The number of rotatable bonds is 2. The van der Waals surface area contributed by atoms with Crippen molar-refractivity contribution in [3.8, 4) is 0 Å². The van der Waals surface area contributed by atoms with Gasteiger partial charge in [-0.2, -0.15) is 0 Å². The molecule has 0 aliphatic heterocycles. The van der Waals surface area contributed by atoms with E-state index >= 15 is 0 Å². The topological polar surface area (TPSA) is 60.2 Å². The minimum absolute atomic E-state index is 0.257. The van der Waals surface area contributed by atoms with Crippen LogP contribution in [0.1, 0.15) is 5.56 Å². The third-order valence-electron chi connectivity index (χ3n) is 1.41. The van der Waals surface area contributed by atoms with E-state index in [0.29, 0.717) is 15.1 Å². The van der Waals surface area contributed by atoms with Crippen molar-refractivity contribution in [2.24, 2.45) is 5.14 Å². The van der Waals surface area contributed by atoms with Crippen LogP contribution in [0.15, 0.2) is 22.7 Å². The maximum absolute atomic E-state index is 10.8. The van der Waals surface area contributed by atoms with E-state index in [9.17, 15) is 8.42 Å². The normalized spacial score (nSPS) is 11.6. The second-order valence-electron chi connectivity index (χ2n) is 2.51. The average molecular weight is 285 g/mol. The van der Waals surface area contributed by atoms with Gasteiger partial charge in [-0.3, -0.25) is 0 Å². The summed E-state index contributed by atoms with van der Waals surface area (Å²) in [6.07, 6.45) is 0. The number of hydrogen-bond acceptors (Lipinski definition) is 2. The SMILES string of the molecule is NS(=O)(=O)Cc1c(Cl)cccc1Br. The van der Waals surface area contributed by atoms with Crippen molar-refractivity contribution in [1.82, 2.24) is 0 Å². The van der Waals surface area contributed by atoms with Crippen molar-refractivity contribution in [3.05, 3.63) is 33.3 Å². The summed E-state index contributed by atoms with van der Waals surface area (Å²) in [6.45, 7) is 0. The molecule has 1 aromatic carbocycles. The van der Waals surface area contributed by atoms with Gasteiger partial charge in [-0.05, 0) is 12.1 Å². The molecule has 0 amide bonds. The van der Waals surface area contributed by atoms with Gasteiger partial charge in [-0.15, -0.1) is 0 Å². The monoisotopic (exact) mass is 283 g/mol. The van der Waals surface area contributed by atoms with E-state index in [-0.39, 0.29) is 5.75 Å². The quantitative estimate of drug-likeness (QED) is 0.901. The second-order valence-corrected chi connectivity index (χ2v) is 5.38. The van der Waals surface area contributed by atoms with E-state index in [1.807, 2.05) is 0 Å². The summed E-state index contributed by atoms with van der Waals surface area (Å²) in [5.74, 6) is -0.257. The Hall–Kier alpha value is -0.100. The molecule has 2 N–H and O–H groups in total. The minimum atomic E-state index is -3.54. The van der Waals surface area contributed by atoms with E-state index in [4.69, 9.17) is 16.7 Å². The van der Waals surface area contributed by atoms with Crippen LogP contribution < -0.4 is 5.14 Å². The van der Waals surface area contributed by atoms with Crippen LogP contribution >= 0.6 is 27.5 Å². The number of halogens is 2. The summed E-state index contributed by atoms with van der Waals surface area (Å²) in [5, 5.41) is 5.29. The van der Waals surface area contributed by atoms with E-state index in [0.717, 1.165) is 0 Å². The van der Waals surface area contributed by atoms with Gasteiger partial charge in [-0.25, -0.2) is 13.6 Å². The molecule has 0 aromatic heterocycles. The molecule has 0 bridgehead atoms. The van der Waals surface area contributed by atoms with Crippen molar-refractivity contribution in [2.75, 3.05) is 0 Å². The van der Waals surface area contributed by atoms with Crippen molar-refractivity contribution < 1.29 is 8.42 Å². The molecule has 0 radical (unpaired) electrons. The zero-order chi connectivity index (χ0) is 10.1. The predicted octanol–water partition coefficient (Wildman–Crippen LogP) is 1.89. The van der Waals surface area contributed by atoms with Crippen LogP contribution in [0.25, 0.3) is 0 Å². The molecular weight excluding hydrogens is 278 g/mol. The van der Waals surface area contributed by atoms with Gasteiger partial charge < -0.3 is 0 Å². The van der Waals surface area contributed by atoms with E-state index in [1.165, 1.54) is 0 Å². The van der Waals surface area contributed by atoms with Gasteiger partial charge in [0, 0.05) is 15.1 Å². The van der Waals surface area contributed by atoms with Gasteiger partial charge in [-0.1, -0.05) is 33.6 Å². The highest BCUT2D eigenvalue weighted by molar-refractivity contribution is 9.10. The van der Waals surface area contributed by atoms with Gasteiger partial charge >= 0.3 is 0 Å². The fraction of sp³-hybridized carbons (Fsp3) is 0.143. The number of benzene rings is 1. The molecule has 0 atom stereocenters. The first-order valence-electron chi connectivity index (χ1n) is 3.33. The molecule has 0 fully saturated rings. The molecule has 13 heavy (non-hydrogen) atoms. The molecule has 1 rings (SSSR count). The third kappa shape index (κ3) is 3.27. The Balaban J connectivity index is 3.15. The Morgan fingerprint density at radius 3 is 2.54 bits per heavy atom. The fourth-order valence-electron chi connectivity index (χ4n) is 0.871. The summed E-state index contributed by atoms with van der Waals surface area (Å²) in [6, 6.07) is 5.05. The first kappa shape index (κ1) is 11.0. The van der Waals surface area contributed by atoms with Gasteiger partial charge in [0.15, 0.2) is 0 Å². The summed E-state index contributed by atoms with van der Waals surface area (Å²) >= 11 is 8.98. The highest BCUT2D eigenvalue weighted by Crippen LogP contribution is 2.25. The lowest BCUT2D eigenvalue weighted by Crippen LogP contribution is -2.15. The fourth-order valence-corrected chi connectivity index (χ4v) is 2.71. The second kappa shape index (κ2) is 3.96. The first-order valence-corrected chi connectivity index (χ1v) is 6.22. The van der Waals surface area contributed by atoms with Gasteiger partial charge in [0.2, 0.25) is 10.0 Å². The van der Waals surface area contributed by atoms with Crippen LogP contribution in [0.3, 0.4) is 0 Å². The molecule has 0 aliphatic carbocycles. The molecule has 0 unspecified atom stereocenters. The van der Waals surface area contributed by atoms with Crippen LogP contribution in [0.4, 0.5) is 0 Å². The Kier molecular flexibility index (Phi) is 3.34. The molecule has 1 aromatic rings. The average Bonchev–Trinajstić information content (AvgIpc) is 1.95. The molecule has 72 valence electrons. The summed E-state index contributed by atoms with van der Waals surface area (Å²) in [7, 11) is -3.54. The van der Waals surface area contributed by atoms with E-state index in [1.54, 1.807) is 18.2 Å². The molecule has 3 nitrogen and oxygen atoms in total. The van der Waals surface area contributed by atoms with Crippen molar-refractivity contribution in [1.29, 1.82) is 0 Å². The zero-order valence-electron chi connectivity index (χ0n) is 6.50. The Morgan fingerprint density at radius 1 is 1.46 bits per heavy atom. The third-order valence-corrected chi connectivity index (χ3v) is 3.20. The van der Waals surface area contributed by atoms with Gasteiger partial charge in [0.1, 0.15) is 0 Å². The lowest BCUT2D eigenvalue weighted by Gasteiger charge is -2.04. The van der Waals surface area contributed by atoms with Gasteiger partial charge in [0.25, 0.3) is 0 Å². The number of hydrogen-bond donors (Lipinski definition) is 1. The number of primary sulfonamides is 1. The van der Waals surface area contributed by atoms with Crippen molar-refractivity contribution >= 4 is 37.6 Å². The maximum Gasteiger partial charge on any atom is 0.213 e. The maximum atomic E-state index is 10.8. The Labute approximate surface area is 90.1 Å². The standard InChI is InChI=1S/C7H7BrClNO2S/c8-6-2-1-3-7(9)5(6)4-13(10,11)12/h1-3H,4H2,(H2,10,11,12). The number of sulfonamides is 1. The largest absolute Gasteiger partial charge is 0.228 e. The number of nitrogens with two attached hydrogens (primary N) is 1. The lowest BCUT2D eigenvalue weighted by atomic mass is 10.2. The lowest BCUT2D eigenvalue weighted by molar-refractivity contribution is 0.597.